The summed E-state index contributed by atoms with van der Waals surface area (Å²) >= 11 is 0. The Bertz CT molecular complexity index is 156. The largest absolute Gasteiger partial charge is 0.465 e. The van der Waals surface area contributed by atoms with Crippen LogP contribution in [0.3, 0.4) is 0 Å². The van der Waals surface area contributed by atoms with Crippen LogP contribution in [0, 0.1) is 11.8 Å². The van der Waals surface area contributed by atoms with Gasteiger partial charge in [-0.15, -0.1) is 0 Å². The van der Waals surface area contributed by atoms with Crippen LogP contribution < -0.4 is 0 Å². The summed E-state index contributed by atoms with van der Waals surface area (Å²) in [6, 6.07) is 0. The minimum Gasteiger partial charge on any atom is -0.465 e. The lowest BCUT2D eigenvalue weighted by Crippen LogP contribution is -2.27. The predicted octanol–water partition coefficient (Wildman–Crippen LogP) is 1.64. The lowest BCUT2D eigenvalue weighted by atomic mass is 9.95. The molecule has 1 N–H and O–H groups in total. The quantitative estimate of drug-likeness (QED) is 0.628. The van der Waals surface area contributed by atoms with Crippen LogP contribution in [0.5, 0.6) is 0 Å². The Balaban J connectivity index is 2.41. The van der Waals surface area contributed by atoms with Gasteiger partial charge in [0.25, 0.3) is 0 Å². The van der Waals surface area contributed by atoms with Crippen molar-refractivity contribution >= 4 is 6.09 Å². The second-order valence-corrected chi connectivity index (χ2v) is 3.52. The van der Waals surface area contributed by atoms with Gasteiger partial charge in [-0.25, -0.2) is 4.79 Å². The van der Waals surface area contributed by atoms with E-state index in [1.165, 1.54) is 4.90 Å². The van der Waals surface area contributed by atoms with Crippen LogP contribution in [0.1, 0.15) is 20.3 Å². The molecule has 1 fully saturated rings. The van der Waals surface area contributed by atoms with Crippen LogP contribution in [0.4, 0.5) is 4.79 Å². The highest BCUT2D eigenvalue weighted by atomic mass is 16.4. The molecular weight excluding hydrogens is 142 g/mol. The molecule has 11 heavy (non-hydrogen) atoms. The fourth-order valence-corrected chi connectivity index (χ4v) is 1.51. The maximum atomic E-state index is 10.5. The molecule has 1 aliphatic rings. The third kappa shape index (κ3) is 1.85. The van der Waals surface area contributed by atoms with E-state index in [9.17, 15) is 4.79 Å². The predicted molar refractivity (Wildman–Crippen MR) is 42.5 cm³/mol. The van der Waals surface area contributed by atoms with Crippen LogP contribution in [-0.2, 0) is 0 Å². The van der Waals surface area contributed by atoms with Gasteiger partial charge in [-0.05, 0) is 18.3 Å². The molecule has 0 aromatic rings. The summed E-state index contributed by atoms with van der Waals surface area (Å²) < 4.78 is 0. The summed E-state index contributed by atoms with van der Waals surface area (Å²) in [7, 11) is 0. The summed E-state index contributed by atoms with van der Waals surface area (Å²) in [6.07, 6.45) is 0.261. The summed E-state index contributed by atoms with van der Waals surface area (Å²) in [5, 5.41) is 8.64. The average molecular weight is 157 g/mol. The van der Waals surface area contributed by atoms with Crippen molar-refractivity contribution in [2.24, 2.45) is 11.8 Å². The molecule has 1 heterocycles. The molecule has 1 atom stereocenters. The topological polar surface area (TPSA) is 40.5 Å². The molecule has 0 radical (unpaired) electrons. The van der Waals surface area contributed by atoms with E-state index in [2.05, 4.69) is 13.8 Å². The third-order valence-electron chi connectivity index (χ3n) is 2.44. The van der Waals surface area contributed by atoms with E-state index in [0.29, 0.717) is 11.8 Å². The SMILES string of the molecule is CC(C)C1CCN(C(=O)O)C1. The van der Waals surface area contributed by atoms with Crippen molar-refractivity contribution in [1.82, 2.24) is 4.90 Å². The maximum Gasteiger partial charge on any atom is 0.407 e. The first-order valence-electron chi connectivity index (χ1n) is 4.09. The highest BCUT2D eigenvalue weighted by Gasteiger charge is 2.27. The molecule has 3 heteroatoms. The Labute approximate surface area is 67.0 Å². The Kier molecular flexibility index (Phi) is 2.37. The van der Waals surface area contributed by atoms with Gasteiger partial charge in [0.2, 0.25) is 0 Å². The monoisotopic (exact) mass is 157 g/mol. The average Bonchev–Trinajstić information content (AvgIpc) is 2.33. The fourth-order valence-electron chi connectivity index (χ4n) is 1.51. The van der Waals surface area contributed by atoms with E-state index in [4.69, 9.17) is 5.11 Å². The first-order valence-corrected chi connectivity index (χ1v) is 4.09. The molecule has 1 rings (SSSR count). The van der Waals surface area contributed by atoms with Crippen LogP contribution in [0.2, 0.25) is 0 Å². The first kappa shape index (κ1) is 8.37. The second-order valence-electron chi connectivity index (χ2n) is 3.52. The molecule has 0 aromatic heterocycles. The molecule has 0 bridgehead atoms. The summed E-state index contributed by atoms with van der Waals surface area (Å²) in [5.74, 6) is 1.19. The number of carbonyl (C=O) groups is 1. The molecule has 0 spiro atoms. The van der Waals surface area contributed by atoms with E-state index in [-0.39, 0.29) is 0 Å². The van der Waals surface area contributed by atoms with Gasteiger partial charge < -0.3 is 10.0 Å². The minimum atomic E-state index is -0.770. The number of amides is 1. The van der Waals surface area contributed by atoms with Crippen molar-refractivity contribution in [3.63, 3.8) is 0 Å². The lowest BCUT2D eigenvalue weighted by molar-refractivity contribution is 0.153. The molecule has 0 saturated carbocycles. The van der Waals surface area contributed by atoms with Crippen molar-refractivity contribution in [1.29, 1.82) is 0 Å². The van der Waals surface area contributed by atoms with Gasteiger partial charge in [0.05, 0.1) is 0 Å². The molecule has 0 aromatic carbocycles. The smallest absolute Gasteiger partial charge is 0.407 e. The van der Waals surface area contributed by atoms with Crippen LogP contribution in [-0.4, -0.2) is 29.2 Å². The van der Waals surface area contributed by atoms with Gasteiger partial charge in [-0.2, -0.15) is 0 Å². The molecule has 64 valence electrons. The third-order valence-corrected chi connectivity index (χ3v) is 2.44. The van der Waals surface area contributed by atoms with Crippen molar-refractivity contribution in [3.05, 3.63) is 0 Å². The number of hydrogen-bond donors (Lipinski definition) is 1. The molecule has 1 aliphatic heterocycles. The van der Waals surface area contributed by atoms with Gasteiger partial charge in [-0.1, -0.05) is 13.8 Å². The van der Waals surface area contributed by atoms with E-state index in [0.717, 1.165) is 19.5 Å². The van der Waals surface area contributed by atoms with Crippen molar-refractivity contribution < 1.29 is 9.90 Å². The molecule has 1 unspecified atom stereocenters. The van der Waals surface area contributed by atoms with Crippen molar-refractivity contribution in [2.45, 2.75) is 20.3 Å². The molecule has 3 nitrogen and oxygen atoms in total. The van der Waals surface area contributed by atoms with Crippen LogP contribution in [0.25, 0.3) is 0 Å². The summed E-state index contributed by atoms with van der Waals surface area (Å²) in [5.41, 5.74) is 0. The number of hydrogen-bond acceptors (Lipinski definition) is 1. The molecular formula is C8H15NO2. The summed E-state index contributed by atoms with van der Waals surface area (Å²) in [6.45, 7) is 5.75. The van der Waals surface area contributed by atoms with E-state index in [1.807, 2.05) is 0 Å². The Morgan fingerprint density at radius 2 is 2.27 bits per heavy atom. The van der Waals surface area contributed by atoms with E-state index < -0.39 is 6.09 Å². The molecule has 0 aliphatic carbocycles. The van der Waals surface area contributed by atoms with Crippen LogP contribution in [0.15, 0.2) is 0 Å². The molecule has 1 saturated heterocycles. The van der Waals surface area contributed by atoms with Gasteiger partial charge in [-0.3, -0.25) is 0 Å². The number of rotatable bonds is 1. The lowest BCUT2D eigenvalue weighted by Gasteiger charge is -2.14. The van der Waals surface area contributed by atoms with E-state index >= 15 is 0 Å². The normalized spacial score (nSPS) is 24.6. The number of carboxylic acid groups (broad SMARTS) is 1. The first-order chi connectivity index (χ1) is 5.11. The zero-order valence-electron chi connectivity index (χ0n) is 7.08. The maximum absolute atomic E-state index is 10.5. The number of nitrogens with zero attached hydrogens (tertiary/aromatic N) is 1. The second kappa shape index (κ2) is 3.11. The molecule has 1 amide bonds. The Morgan fingerprint density at radius 1 is 1.64 bits per heavy atom. The van der Waals surface area contributed by atoms with Gasteiger partial charge in [0.15, 0.2) is 0 Å². The standard InChI is InChI=1S/C8H15NO2/c1-6(2)7-3-4-9(5-7)8(10)11/h6-7H,3-5H2,1-2H3,(H,10,11). The minimum absolute atomic E-state index is 0.575. The van der Waals surface area contributed by atoms with Gasteiger partial charge in [0.1, 0.15) is 0 Å². The zero-order chi connectivity index (χ0) is 8.43. The fraction of sp³-hybridized carbons (Fsp3) is 0.875. The zero-order valence-corrected chi connectivity index (χ0v) is 7.08. The summed E-state index contributed by atoms with van der Waals surface area (Å²) in [4.78, 5) is 12.0. The van der Waals surface area contributed by atoms with E-state index in [1.54, 1.807) is 0 Å². The Hall–Kier alpha value is -0.730. The van der Waals surface area contributed by atoms with Gasteiger partial charge >= 0.3 is 6.09 Å². The highest BCUT2D eigenvalue weighted by molar-refractivity contribution is 5.65. The highest BCUT2D eigenvalue weighted by Crippen LogP contribution is 2.23. The van der Waals surface area contributed by atoms with Crippen LogP contribution >= 0.6 is 0 Å². The Morgan fingerprint density at radius 3 is 2.55 bits per heavy atom. The van der Waals surface area contributed by atoms with Gasteiger partial charge in [0, 0.05) is 13.1 Å². The van der Waals surface area contributed by atoms with Crippen molar-refractivity contribution in [3.8, 4) is 0 Å². The van der Waals surface area contributed by atoms with Crippen molar-refractivity contribution in [2.75, 3.05) is 13.1 Å². The number of likely N-dealkylation sites (tertiary alicyclic amines) is 1.